The van der Waals surface area contributed by atoms with E-state index in [1.165, 1.54) is 11.3 Å². The Morgan fingerprint density at radius 2 is 1.85 bits per heavy atom. The van der Waals surface area contributed by atoms with E-state index in [2.05, 4.69) is 37.7 Å². The summed E-state index contributed by atoms with van der Waals surface area (Å²) in [5, 5.41) is 5.00. The Morgan fingerprint density at radius 1 is 1.20 bits per heavy atom. The molecule has 116 valence electrons. The van der Waals surface area contributed by atoms with E-state index in [4.69, 9.17) is 0 Å². The molecule has 1 unspecified atom stereocenters. The van der Waals surface area contributed by atoms with Crippen LogP contribution in [0.4, 0.5) is 0 Å². The van der Waals surface area contributed by atoms with Crippen LogP contribution in [0.25, 0.3) is 0 Å². The van der Waals surface area contributed by atoms with E-state index in [1.54, 1.807) is 11.4 Å². The van der Waals surface area contributed by atoms with Crippen molar-refractivity contribution in [2.75, 3.05) is 0 Å². The number of nitrogens with one attached hydrogen (secondary N) is 2. The summed E-state index contributed by atoms with van der Waals surface area (Å²) in [6.45, 7) is 10.9. The summed E-state index contributed by atoms with van der Waals surface area (Å²) < 4.78 is 27.2. The number of rotatable bonds is 8. The monoisotopic (exact) mass is 318 g/mol. The van der Waals surface area contributed by atoms with Gasteiger partial charge in [-0.25, -0.2) is 13.1 Å². The molecule has 0 saturated carbocycles. The molecule has 0 aliphatic heterocycles. The summed E-state index contributed by atoms with van der Waals surface area (Å²) in [6, 6.07) is 2.10. The molecule has 20 heavy (non-hydrogen) atoms. The zero-order valence-electron chi connectivity index (χ0n) is 12.9. The van der Waals surface area contributed by atoms with Gasteiger partial charge >= 0.3 is 0 Å². The maximum atomic E-state index is 12.3. The van der Waals surface area contributed by atoms with Gasteiger partial charge in [-0.3, -0.25) is 0 Å². The number of sulfonamides is 1. The van der Waals surface area contributed by atoms with E-state index < -0.39 is 10.0 Å². The van der Waals surface area contributed by atoms with Crippen molar-refractivity contribution >= 4 is 21.4 Å². The van der Waals surface area contributed by atoms with Crippen LogP contribution in [-0.2, 0) is 16.6 Å². The van der Waals surface area contributed by atoms with Crippen LogP contribution in [0.2, 0.25) is 0 Å². The predicted octanol–water partition coefficient (Wildman–Crippen LogP) is 2.96. The zero-order valence-corrected chi connectivity index (χ0v) is 14.6. The summed E-state index contributed by atoms with van der Waals surface area (Å²) in [6.07, 6.45) is 0.838. The summed E-state index contributed by atoms with van der Waals surface area (Å²) in [5.41, 5.74) is 0. The third-order valence-corrected chi connectivity index (χ3v) is 5.46. The fourth-order valence-electron chi connectivity index (χ4n) is 1.99. The van der Waals surface area contributed by atoms with Crippen LogP contribution >= 0.6 is 11.3 Å². The number of thiophene rings is 1. The quantitative estimate of drug-likeness (QED) is 0.775. The number of hydrogen-bond acceptors (Lipinski definition) is 4. The minimum absolute atomic E-state index is 0.0443. The Hall–Kier alpha value is -0.430. The summed E-state index contributed by atoms with van der Waals surface area (Å²) >= 11 is 1.48. The molecular weight excluding hydrogens is 292 g/mol. The molecule has 2 N–H and O–H groups in total. The van der Waals surface area contributed by atoms with Crippen molar-refractivity contribution in [3.63, 3.8) is 0 Å². The molecule has 1 aromatic heterocycles. The van der Waals surface area contributed by atoms with E-state index in [0.29, 0.717) is 23.4 Å². The Kier molecular flexibility index (Phi) is 6.64. The smallest absolute Gasteiger partial charge is 0.241 e. The molecule has 0 saturated heterocycles. The van der Waals surface area contributed by atoms with Crippen molar-refractivity contribution in [2.45, 2.75) is 64.6 Å². The fourth-order valence-corrected chi connectivity index (χ4v) is 4.47. The molecule has 0 amide bonds. The second-order valence-corrected chi connectivity index (χ2v) is 8.65. The van der Waals surface area contributed by atoms with Crippen LogP contribution < -0.4 is 10.0 Å². The van der Waals surface area contributed by atoms with Crippen LogP contribution in [0.5, 0.6) is 0 Å². The first-order valence-corrected chi connectivity index (χ1v) is 9.40. The fraction of sp³-hybridized carbons (Fsp3) is 0.714. The first-order chi connectivity index (χ1) is 9.20. The predicted molar refractivity (Wildman–Crippen MR) is 85.5 cm³/mol. The summed E-state index contributed by atoms with van der Waals surface area (Å²) in [7, 11) is -3.39. The molecule has 0 aromatic carbocycles. The minimum atomic E-state index is -3.39. The molecule has 0 aliphatic rings. The van der Waals surface area contributed by atoms with Crippen molar-refractivity contribution < 1.29 is 8.42 Å². The van der Waals surface area contributed by atoms with Gasteiger partial charge in [0, 0.05) is 28.9 Å². The largest absolute Gasteiger partial charge is 0.310 e. The normalized spacial score (nSPS) is 14.2. The lowest BCUT2D eigenvalue weighted by atomic mass is 10.1. The molecular formula is C14H26N2O2S2. The van der Waals surface area contributed by atoms with Crippen LogP contribution in [0.15, 0.2) is 16.3 Å². The lowest BCUT2D eigenvalue weighted by Crippen LogP contribution is -2.33. The zero-order chi connectivity index (χ0) is 15.3. The van der Waals surface area contributed by atoms with Crippen LogP contribution in [0.3, 0.4) is 0 Å². The third kappa shape index (κ3) is 5.91. The lowest BCUT2D eigenvalue weighted by molar-refractivity contribution is 0.482. The van der Waals surface area contributed by atoms with Gasteiger partial charge in [-0.15, -0.1) is 11.3 Å². The van der Waals surface area contributed by atoms with Gasteiger partial charge in [0.25, 0.3) is 0 Å². The topological polar surface area (TPSA) is 58.2 Å². The van der Waals surface area contributed by atoms with Crippen molar-refractivity contribution in [1.29, 1.82) is 0 Å². The average molecular weight is 319 g/mol. The maximum absolute atomic E-state index is 12.3. The van der Waals surface area contributed by atoms with Gasteiger partial charge in [0.15, 0.2) is 0 Å². The second-order valence-electron chi connectivity index (χ2n) is 5.94. The van der Waals surface area contributed by atoms with Gasteiger partial charge < -0.3 is 5.32 Å². The highest BCUT2D eigenvalue weighted by Gasteiger charge is 2.19. The average Bonchev–Trinajstić information content (AvgIpc) is 2.73. The van der Waals surface area contributed by atoms with Gasteiger partial charge in [-0.1, -0.05) is 27.7 Å². The standard InChI is InChI=1S/C14H26N2O2S2/c1-10(2)6-12(5)16-20(17,18)14-7-13(19-9-14)8-15-11(3)4/h7,9-12,15-16H,6,8H2,1-5H3. The van der Waals surface area contributed by atoms with Gasteiger partial charge in [0.05, 0.1) is 4.90 Å². The lowest BCUT2D eigenvalue weighted by Gasteiger charge is -2.15. The van der Waals surface area contributed by atoms with Crippen molar-refractivity contribution in [2.24, 2.45) is 5.92 Å². The molecule has 1 heterocycles. The molecule has 4 nitrogen and oxygen atoms in total. The van der Waals surface area contributed by atoms with Gasteiger partial charge in [-0.05, 0) is 25.3 Å². The Morgan fingerprint density at radius 3 is 2.40 bits per heavy atom. The molecule has 0 aliphatic carbocycles. The summed E-state index contributed by atoms with van der Waals surface area (Å²) in [5.74, 6) is 0.473. The van der Waals surface area contributed by atoms with Gasteiger partial charge in [0.1, 0.15) is 0 Å². The molecule has 6 heteroatoms. The Balaban J connectivity index is 2.68. The molecule has 0 fully saturated rings. The maximum Gasteiger partial charge on any atom is 0.241 e. The van der Waals surface area contributed by atoms with Crippen molar-refractivity contribution in [1.82, 2.24) is 10.0 Å². The highest BCUT2D eigenvalue weighted by molar-refractivity contribution is 7.89. The first-order valence-electron chi connectivity index (χ1n) is 7.04. The SMILES string of the molecule is CC(C)CC(C)NS(=O)(=O)c1csc(CNC(C)C)c1. The minimum Gasteiger partial charge on any atom is -0.310 e. The second kappa shape index (κ2) is 7.54. The first kappa shape index (κ1) is 17.6. The van der Waals surface area contributed by atoms with E-state index in [-0.39, 0.29) is 6.04 Å². The molecule has 0 bridgehead atoms. The summed E-state index contributed by atoms with van der Waals surface area (Å²) in [4.78, 5) is 1.41. The van der Waals surface area contributed by atoms with E-state index in [0.717, 1.165) is 11.3 Å². The Labute approximate surface area is 127 Å². The van der Waals surface area contributed by atoms with Crippen molar-refractivity contribution in [3.8, 4) is 0 Å². The van der Waals surface area contributed by atoms with E-state index >= 15 is 0 Å². The molecule has 1 atom stereocenters. The molecule has 1 aromatic rings. The molecule has 0 radical (unpaired) electrons. The van der Waals surface area contributed by atoms with Crippen LogP contribution in [-0.4, -0.2) is 20.5 Å². The molecule has 0 spiro atoms. The third-order valence-electron chi connectivity index (χ3n) is 2.81. The highest BCUT2D eigenvalue weighted by Crippen LogP contribution is 2.20. The number of hydrogen-bond donors (Lipinski definition) is 2. The van der Waals surface area contributed by atoms with E-state index in [9.17, 15) is 8.42 Å². The van der Waals surface area contributed by atoms with E-state index in [1.807, 2.05) is 6.92 Å². The van der Waals surface area contributed by atoms with Crippen LogP contribution in [0.1, 0.15) is 45.9 Å². The van der Waals surface area contributed by atoms with Gasteiger partial charge in [-0.2, -0.15) is 0 Å². The van der Waals surface area contributed by atoms with Crippen LogP contribution in [0, 0.1) is 5.92 Å². The highest BCUT2D eigenvalue weighted by atomic mass is 32.2. The van der Waals surface area contributed by atoms with Crippen molar-refractivity contribution in [3.05, 3.63) is 16.3 Å². The molecule has 1 rings (SSSR count). The van der Waals surface area contributed by atoms with Gasteiger partial charge in [0.2, 0.25) is 10.0 Å². The Bertz CT molecular complexity index is 507.